The average Bonchev–Trinajstić information content (AvgIpc) is 3.12. The lowest BCUT2D eigenvalue weighted by Crippen LogP contribution is -2.37. The van der Waals surface area contributed by atoms with E-state index in [0.29, 0.717) is 13.0 Å². The number of carbonyl (C=O) groups excluding carboxylic acids is 1. The molecule has 3 rings (SSSR count). The van der Waals surface area contributed by atoms with Gasteiger partial charge in [0.1, 0.15) is 0 Å². The first-order chi connectivity index (χ1) is 11.5. The molecule has 0 aliphatic heterocycles. The van der Waals surface area contributed by atoms with E-state index < -0.39 is 0 Å². The monoisotopic (exact) mass is 324 g/mol. The summed E-state index contributed by atoms with van der Waals surface area (Å²) in [6.07, 6.45) is 6.14. The molecule has 1 N–H and O–H groups in total. The van der Waals surface area contributed by atoms with Crippen molar-refractivity contribution in [2.45, 2.75) is 39.8 Å². The van der Waals surface area contributed by atoms with Crippen molar-refractivity contribution in [2.24, 2.45) is 7.05 Å². The van der Waals surface area contributed by atoms with Crippen LogP contribution in [0.3, 0.4) is 0 Å². The Morgan fingerprint density at radius 1 is 1.38 bits per heavy atom. The first-order valence-corrected chi connectivity index (χ1v) is 8.28. The van der Waals surface area contributed by atoms with E-state index in [1.807, 2.05) is 42.7 Å². The Hall–Kier alpha value is -2.56. The second-order valence-electron chi connectivity index (χ2n) is 6.63. The van der Waals surface area contributed by atoms with Crippen molar-refractivity contribution in [1.29, 1.82) is 0 Å². The van der Waals surface area contributed by atoms with Crippen molar-refractivity contribution in [3.8, 4) is 0 Å². The van der Waals surface area contributed by atoms with Gasteiger partial charge in [-0.1, -0.05) is 12.1 Å². The molecule has 2 heterocycles. The van der Waals surface area contributed by atoms with Crippen molar-refractivity contribution < 1.29 is 4.79 Å². The first kappa shape index (κ1) is 16.3. The lowest BCUT2D eigenvalue weighted by molar-refractivity contribution is -0.132. The molecule has 0 saturated heterocycles. The van der Waals surface area contributed by atoms with Crippen LogP contribution in [0.25, 0.3) is 10.9 Å². The van der Waals surface area contributed by atoms with Crippen molar-refractivity contribution >= 4 is 16.8 Å². The Morgan fingerprint density at radius 2 is 2.17 bits per heavy atom. The molecule has 5 nitrogen and oxygen atoms in total. The van der Waals surface area contributed by atoms with E-state index in [4.69, 9.17) is 0 Å². The van der Waals surface area contributed by atoms with Gasteiger partial charge in [-0.2, -0.15) is 5.10 Å². The minimum Gasteiger partial charge on any atom is -0.361 e. The molecule has 1 aromatic carbocycles. The Kier molecular flexibility index (Phi) is 4.42. The summed E-state index contributed by atoms with van der Waals surface area (Å²) in [4.78, 5) is 18.1. The smallest absolute Gasteiger partial charge is 0.227 e. The van der Waals surface area contributed by atoms with Gasteiger partial charge in [-0.3, -0.25) is 9.48 Å². The number of aryl methyl sites for hydroxylation is 2. The molecular weight excluding hydrogens is 300 g/mol. The van der Waals surface area contributed by atoms with Crippen LogP contribution in [0.4, 0.5) is 0 Å². The van der Waals surface area contributed by atoms with Gasteiger partial charge >= 0.3 is 0 Å². The molecule has 0 radical (unpaired) electrons. The van der Waals surface area contributed by atoms with Crippen LogP contribution in [0.15, 0.2) is 36.8 Å². The van der Waals surface area contributed by atoms with Gasteiger partial charge < -0.3 is 9.88 Å². The SMILES string of the molecule is Cc1cccc2[nH]cc(CC(=O)N(Cc3cnn(C)c3)C(C)C)c12. The lowest BCUT2D eigenvalue weighted by atomic mass is 10.0. The van der Waals surface area contributed by atoms with Crippen LogP contribution < -0.4 is 0 Å². The first-order valence-electron chi connectivity index (χ1n) is 8.28. The third kappa shape index (κ3) is 3.20. The van der Waals surface area contributed by atoms with Gasteiger partial charge in [0.2, 0.25) is 5.91 Å². The fraction of sp³-hybridized carbons (Fsp3) is 0.368. The van der Waals surface area contributed by atoms with Crippen LogP contribution >= 0.6 is 0 Å². The largest absolute Gasteiger partial charge is 0.361 e. The van der Waals surface area contributed by atoms with E-state index in [0.717, 1.165) is 22.0 Å². The number of carbonyl (C=O) groups is 1. The van der Waals surface area contributed by atoms with Gasteiger partial charge in [0.15, 0.2) is 0 Å². The maximum absolute atomic E-state index is 12.9. The maximum atomic E-state index is 12.9. The summed E-state index contributed by atoms with van der Waals surface area (Å²) in [6.45, 7) is 6.77. The third-order valence-electron chi connectivity index (χ3n) is 4.39. The van der Waals surface area contributed by atoms with Gasteiger partial charge in [0.25, 0.3) is 0 Å². The quantitative estimate of drug-likeness (QED) is 0.783. The predicted molar refractivity (Wildman–Crippen MR) is 95.6 cm³/mol. The van der Waals surface area contributed by atoms with E-state index in [-0.39, 0.29) is 11.9 Å². The number of hydrogen-bond acceptors (Lipinski definition) is 2. The molecule has 0 saturated carbocycles. The Morgan fingerprint density at radius 3 is 2.83 bits per heavy atom. The van der Waals surface area contributed by atoms with E-state index >= 15 is 0 Å². The second-order valence-corrected chi connectivity index (χ2v) is 6.63. The zero-order chi connectivity index (χ0) is 17.3. The molecule has 0 fully saturated rings. The highest BCUT2D eigenvalue weighted by molar-refractivity contribution is 5.91. The van der Waals surface area contributed by atoms with Crippen LogP contribution in [0.2, 0.25) is 0 Å². The minimum absolute atomic E-state index is 0.137. The number of amides is 1. The van der Waals surface area contributed by atoms with Gasteiger partial charge in [-0.25, -0.2) is 0 Å². The van der Waals surface area contributed by atoms with Gasteiger partial charge in [-0.15, -0.1) is 0 Å². The van der Waals surface area contributed by atoms with Gasteiger partial charge in [0.05, 0.1) is 12.6 Å². The molecular formula is C19H24N4O. The van der Waals surface area contributed by atoms with E-state index in [9.17, 15) is 4.79 Å². The van der Waals surface area contributed by atoms with E-state index in [2.05, 4.69) is 36.9 Å². The summed E-state index contributed by atoms with van der Waals surface area (Å²) < 4.78 is 1.77. The number of H-pyrrole nitrogens is 1. The van der Waals surface area contributed by atoms with E-state index in [1.165, 1.54) is 5.56 Å². The van der Waals surface area contributed by atoms with Crippen molar-refractivity contribution in [1.82, 2.24) is 19.7 Å². The van der Waals surface area contributed by atoms with Crippen molar-refractivity contribution in [3.05, 3.63) is 53.5 Å². The van der Waals surface area contributed by atoms with Crippen molar-refractivity contribution in [2.75, 3.05) is 0 Å². The number of fused-ring (bicyclic) bond motifs is 1. The fourth-order valence-electron chi connectivity index (χ4n) is 3.16. The molecule has 0 atom stereocenters. The molecule has 0 aliphatic rings. The zero-order valence-corrected chi connectivity index (χ0v) is 14.7. The summed E-state index contributed by atoms with van der Waals surface area (Å²) in [7, 11) is 1.89. The zero-order valence-electron chi connectivity index (χ0n) is 14.7. The molecule has 24 heavy (non-hydrogen) atoms. The molecule has 0 unspecified atom stereocenters. The molecule has 0 bridgehead atoms. The minimum atomic E-state index is 0.137. The highest BCUT2D eigenvalue weighted by atomic mass is 16.2. The number of nitrogens with zero attached hydrogens (tertiary/aromatic N) is 3. The van der Waals surface area contributed by atoms with Crippen LogP contribution in [0.5, 0.6) is 0 Å². The molecule has 1 amide bonds. The van der Waals surface area contributed by atoms with Crippen LogP contribution in [-0.4, -0.2) is 31.6 Å². The number of hydrogen-bond donors (Lipinski definition) is 1. The molecule has 126 valence electrons. The van der Waals surface area contributed by atoms with Crippen LogP contribution in [0, 0.1) is 6.92 Å². The number of aromatic amines is 1. The summed E-state index contributed by atoms with van der Waals surface area (Å²) in [5.41, 5.74) is 4.39. The molecule has 3 aromatic rings. The van der Waals surface area contributed by atoms with Gasteiger partial charge in [0, 0.05) is 48.5 Å². The maximum Gasteiger partial charge on any atom is 0.227 e. The number of aromatic nitrogens is 3. The number of rotatable bonds is 5. The lowest BCUT2D eigenvalue weighted by Gasteiger charge is -2.26. The van der Waals surface area contributed by atoms with Crippen LogP contribution in [-0.2, 0) is 24.8 Å². The third-order valence-corrected chi connectivity index (χ3v) is 4.39. The fourth-order valence-corrected chi connectivity index (χ4v) is 3.16. The summed E-state index contributed by atoms with van der Waals surface area (Å²) in [5, 5.41) is 5.35. The molecule has 0 aliphatic carbocycles. The molecule has 5 heteroatoms. The van der Waals surface area contributed by atoms with E-state index in [1.54, 1.807) is 4.68 Å². The predicted octanol–water partition coefficient (Wildman–Crippen LogP) is 3.19. The Bertz CT molecular complexity index is 859. The summed E-state index contributed by atoms with van der Waals surface area (Å²) in [5.74, 6) is 0.137. The summed E-state index contributed by atoms with van der Waals surface area (Å²) in [6, 6.07) is 6.30. The highest BCUT2D eigenvalue weighted by Crippen LogP contribution is 2.23. The normalized spacial score (nSPS) is 11.4. The molecule has 0 spiro atoms. The standard InChI is InChI=1S/C19H24N4O/c1-13(2)23(12-15-9-21-22(4)11-15)18(24)8-16-10-20-17-7-5-6-14(3)19(16)17/h5-7,9-11,13,20H,8,12H2,1-4H3. The molecule has 2 aromatic heterocycles. The number of benzene rings is 1. The second kappa shape index (κ2) is 6.51. The highest BCUT2D eigenvalue weighted by Gasteiger charge is 2.20. The van der Waals surface area contributed by atoms with Crippen molar-refractivity contribution in [3.63, 3.8) is 0 Å². The Labute approximate surface area is 142 Å². The Balaban J connectivity index is 1.82. The average molecular weight is 324 g/mol. The van der Waals surface area contributed by atoms with Crippen LogP contribution in [0.1, 0.15) is 30.5 Å². The van der Waals surface area contributed by atoms with Gasteiger partial charge in [-0.05, 0) is 38.0 Å². The summed E-state index contributed by atoms with van der Waals surface area (Å²) >= 11 is 0. The number of nitrogens with one attached hydrogen (secondary N) is 1. The topological polar surface area (TPSA) is 53.9 Å².